The molecule has 1 aliphatic heterocycles. The van der Waals surface area contributed by atoms with E-state index in [1.165, 1.54) is 30.3 Å². The Kier molecular flexibility index (Phi) is 4.29. The van der Waals surface area contributed by atoms with Crippen LogP contribution in [0.3, 0.4) is 0 Å². The van der Waals surface area contributed by atoms with Crippen LogP contribution >= 0.6 is 0 Å². The summed E-state index contributed by atoms with van der Waals surface area (Å²) < 4.78 is 26.1. The Morgan fingerprint density at radius 1 is 1.40 bits per heavy atom. The van der Waals surface area contributed by atoms with E-state index < -0.39 is 15.7 Å². The van der Waals surface area contributed by atoms with Crippen LogP contribution in [0.2, 0.25) is 0 Å². The number of amides is 1. The molecular formula is C15H17N5O4S. The second kappa shape index (κ2) is 6.28. The van der Waals surface area contributed by atoms with Gasteiger partial charge in [-0.15, -0.1) is 0 Å². The first-order chi connectivity index (χ1) is 11.8. The second-order valence-electron chi connectivity index (χ2n) is 5.56. The summed E-state index contributed by atoms with van der Waals surface area (Å²) in [5, 5.41) is 10.5. The highest BCUT2D eigenvalue weighted by Gasteiger charge is 2.31. The van der Waals surface area contributed by atoms with Crippen molar-refractivity contribution in [2.75, 3.05) is 18.2 Å². The molecule has 0 atom stereocenters. The van der Waals surface area contributed by atoms with Crippen molar-refractivity contribution < 1.29 is 18.0 Å². The average Bonchev–Trinajstić information content (AvgIpc) is 2.95. The molecule has 0 fully saturated rings. The largest absolute Gasteiger partial charge is 0.399 e. The number of sulfone groups is 1. The standard InChI is InChI=1S/C15H17N5O4S/c1-9-10(14(21)18-15-16-8-17-20(15)2)4-5-12-13(9)11(19-24-3)6-7-25(12,22)23/h4-5,8H,6-7H2,1-3H3,(H,16,17,18,21)/b19-11+. The van der Waals surface area contributed by atoms with Crippen LogP contribution in [0, 0.1) is 6.92 Å². The number of hydrogen-bond donors (Lipinski definition) is 1. The quantitative estimate of drug-likeness (QED) is 0.810. The van der Waals surface area contributed by atoms with Crippen molar-refractivity contribution in [3.8, 4) is 0 Å². The monoisotopic (exact) mass is 363 g/mol. The van der Waals surface area contributed by atoms with Crippen LogP contribution < -0.4 is 5.32 Å². The van der Waals surface area contributed by atoms with Gasteiger partial charge in [0.1, 0.15) is 13.4 Å². The number of hydrogen-bond acceptors (Lipinski definition) is 7. The van der Waals surface area contributed by atoms with Gasteiger partial charge < -0.3 is 4.84 Å². The van der Waals surface area contributed by atoms with E-state index in [0.29, 0.717) is 28.4 Å². The summed E-state index contributed by atoms with van der Waals surface area (Å²) in [6.07, 6.45) is 1.56. The molecule has 0 saturated carbocycles. The summed E-state index contributed by atoms with van der Waals surface area (Å²) in [7, 11) is -0.360. The molecule has 1 N–H and O–H groups in total. The molecular weight excluding hydrogens is 346 g/mol. The lowest BCUT2D eigenvalue weighted by atomic mass is 9.96. The van der Waals surface area contributed by atoms with Crippen molar-refractivity contribution in [2.24, 2.45) is 12.2 Å². The molecule has 1 amide bonds. The molecule has 10 heteroatoms. The van der Waals surface area contributed by atoms with Gasteiger partial charge in [-0.2, -0.15) is 10.1 Å². The number of fused-ring (bicyclic) bond motifs is 1. The molecule has 2 heterocycles. The Labute approximate surface area is 144 Å². The first-order valence-corrected chi connectivity index (χ1v) is 9.12. The summed E-state index contributed by atoms with van der Waals surface area (Å²) in [5.41, 5.74) is 1.80. The van der Waals surface area contributed by atoms with Gasteiger partial charge in [-0.3, -0.25) is 10.1 Å². The third-order valence-electron chi connectivity index (χ3n) is 4.04. The normalized spacial score (nSPS) is 17.2. The smallest absolute Gasteiger partial charge is 0.258 e. The number of anilines is 1. The van der Waals surface area contributed by atoms with Gasteiger partial charge >= 0.3 is 0 Å². The number of carbonyl (C=O) groups is 1. The lowest BCUT2D eigenvalue weighted by molar-refractivity contribution is 0.102. The Morgan fingerprint density at radius 2 is 2.16 bits per heavy atom. The summed E-state index contributed by atoms with van der Waals surface area (Å²) >= 11 is 0. The summed E-state index contributed by atoms with van der Waals surface area (Å²) in [5.74, 6) is -0.150. The maximum Gasteiger partial charge on any atom is 0.258 e. The molecule has 0 saturated heterocycles. The summed E-state index contributed by atoms with van der Waals surface area (Å²) in [4.78, 5) is 21.5. The Balaban J connectivity index is 2.09. The van der Waals surface area contributed by atoms with Gasteiger partial charge in [-0.1, -0.05) is 5.16 Å². The van der Waals surface area contributed by atoms with Crippen LogP contribution in [0.5, 0.6) is 0 Å². The van der Waals surface area contributed by atoms with E-state index in [1.807, 2.05) is 0 Å². The SMILES string of the molecule is CO/N=C1\CCS(=O)(=O)c2ccc(C(=O)Nc3ncnn3C)c(C)c21. The highest BCUT2D eigenvalue weighted by Crippen LogP contribution is 2.30. The van der Waals surface area contributed by atoms with Gasteiger partial charge in [0.05, 0.1) is 16.4 Å². The zero-order valence-electron chi connectivity index (χ0n) is 14.0. The molecule has 9 nitrogen and oxygen atoms in total. The van der Waals surface area contributed by atoms with Gasteiger partial charge in [-0.05, 0) is 24.6 Å². The molecule has 1 aliphatic rings. The zero-order chi connectivity index (χ0) is 18.2. The van der Waals surface area contributed by atoms with Crippen molar-refractivity contribution in [1.82, 2.24) is 14.8 Å². The Morgan fingerprint density at radius 3 is 2.80 bits per heavy atom. The van der Waals surface area contributed by atoms with Crippen LogP contribution in [0.25, 0.3) is 0 Å². The molecule has 0 spiro atoms. The maximum atomic E-state index is 12.6. The molecule has 1 aromatic heterocycles. The predicted molar refractivity (Wildman–Crippen MR) is 90.4 cm³/mol. The van der Waals surface area contributed by atoms with E-state index in [2.05, 4.69) is 20.6 Å². The number of oxime groups is 1. The van der Waals surface area contributed by atoms with Crippen molar-refractivity contribution in [3.05, 3.63) is 35.2 Å². The highest BCUT2D eigenvalue weighted by atomic mass is 32.2. The fourth-order valence-electron chi connectivity index (χ4n) is 2.80. The molecule has 0 bridgehead atoms. The minimum absolute atomic E-state index is 0.0356. The van der Waals surface area contributed by atoms with Crippen molar-refractivity contribution in [3.63, 3.8) is 0 Å². The van der Waals surface area contributed by atoms with Crippen LogP contribution in [0.1, 0.15) is 27.9 Å². The Hall–Kier alpha value is -2.75. The zero-order valence-corrected chi connectivity index (χ0v) is 14.8. The van der Waals surface area contributed by atoms with Crippen molar-refractivity contribution in [2.45, 2.75) is 18.2 Å². The van der Waals surface area contributed by atoms with Gasteiger partial charge in [-0.25, -0.2) is 13.1 Å². The topological polar surface area (TPSA) is 116 Å². The van der Waals surface area contributed by atoms with Crippen LogP contribution in [-0.4, -0.2) is 47.7 Å². The molecule has 3 rings (SSSR count). The number of carbonyl (C=O) groups excluding carboxylic acids is 1. The van der Waals surface area contributed by atoms with Gasteiger partial charge in [0, 0.05) is 24.6 Å². The number of nitrogens with one attached hydrogen (secondary N) is 1. The molecule has 2 aromatic rings. The van der Waals surface area contributed by atoms with Crippen LogP contribution in [0.15, 0.2) is 28.5 Å². The van der Waals surface area contributed by atoms with E-state index in [1.54, 1.807) is 14.0 Å². The third-order valence-corrected chi connectivity index (χ3v) is 5.79. The van der Waals surface area contributed by atoms with E-state index in [0.717, 1.165) is 0 Å². The first-order valence-electron chi connectivity index (χ1n) is 7.47. The Bertz CT molecular complexity index is 978. The lowest BCUT2D eigenvalue weighted by Gasteiger charge is -2.21. The predicted octanol–water partition coefficient (Wildman–Crippen LogP) is 0.904. The fraction of sp³-hybridized carbons (Fsp3) is 0.333. The van der Waals surface area contributed by atoms with Gasteiger partial charge in [0.15, 0.2) is 9.84 Å². The van der Waals surface area contributed by atoms with Gasteiger partial charge in [0.2, 0.25) is 5.95 Å². The van der Waals surface area contributed by atoms with Crippen molar-refractivity contribution in [1.29, 1.82) is 0 Å². The molecule has 0 aliphatic carbocycles. The number of rotatable bonds is 3. The van der Waals surface area contributed by atoms with E-state index in [4.69, 9.17) is 4.84 Å². The second-order valence-corrected chi connectivity index (χ2v) is 7.64. The van der Waals surface area contributed by atoms with E-state index in [-0.39, 0.29) is 17.1 Å². The minimum atomic E-state index is -3.41. The maximum absolute atomic E-state index is 12.6. The van der Waals surface area contributed by atoms with Crippen LogP contribution in [-0.2, 0) is 21.7 Å². The van der Waals surface area contributed by atoms with Crippen molar-refractivity contribution >= 4 is 27.4 Å². The number of nitrogens with zero attached hydrogens (tertiary/aromatic N) is 4. The highest BCUT2D eigenvalue weighted by molar-refractivity contribution is 7.91. The number of aryl methyl sites for hydroxylation is 1. The van der Waals surface area contributed by atoms with Gasteiger partial charge in [0.25, 0.3) is 5.91 Å². The lowest BCUT2D eigenvalue weighted by Crippen LogP contribution is -2.25. The minimum Gasteiger partial charge on any atom is -0.399 e. The summed E-state index contributed by atoms with van der Waals surface area (Å²) in [6.45, 7) is 1.69. The average molecular weight is 363 g/mol. The molecule has 0 radical (unpaired) electrons. The number of benzene rings is 1. The van der Waals surface area contributed by atoms with Crippen LogP contribution in [0.4, 0.5) is 5.95 Å². The van der Waals surface area contributed by atoms with E-state index >= 15 is 0 Å². The summed E-state index contributed by atoms with van der Waals surface area (Å²) in [6, 6.07) is 2.93. The third kappa shape index (κ3) is 3.00. The molecule has 1 aromatic carbocycles. The molecule has 0 unspecified atom stereocenters. The van der Waals surface area contributed by atoms with E-state index in [9.17, 15) is 13.2 Å². The fourth-order valence-corrected chi connectivity index (χ4v) is 4.34. The molecule has 25 heavy (non-hydrogen) atoms. The molecule has 132 valence electrons. The number of aromatic nitrogens is 3. The first kappa shape index (κ1) is 17.1.